The molecule has 0 aliphatic carbocycles. The van der Waals surface area contributed by atoms with Gasteiger partial charge in [0.25, 0.3) is 11.8 Å². The number of para-hydroxylation sites is 1. The molecule has 0 saturated carbocycles. The lowest BCUT2D eigenvalue weighted by molar-refractivity contribution is -0.147. The number of hydrogen-bond acceptors (Lipinski definition) is 7. The van der Waals surface area contributed by atoms with Crippen LogP contribution in [0.4, 0.5) is 0 Å². The van der Waals surface area contributed by atoms with Crippen LogP contribution in [-0.4, -0.2) is 52.2 Å². The molecule has 0 atom stereocenters. The molecule has 0 fully saturated rings. The summed E-state index contributed by atoms with van der Waals surface area (Å²) in [6.45, 7) is 7.11. The molecule has 2 amide bonds. The van der Waals surface area contributed by atoms with Gasteiger partial charge in [0.15, 0.2) is 0 Å². The third kappa shape index (κ3) is 5.86. The Morgan fingerprint density at radius 3 is 2.48 bits per heavy atom. The number of hydrogen-bond donors (Lipinski definition) is 0. The number of ether oxygens (including phenoxy) is 2. The fourth-order valence-corrected chi connectivity index (χ4v) is 4.40. The van der Waals surface area contributed by atoms with Crippen LogP contribution in [0.25, 0.3) is 23.0 Å². The van der Waals surface area contributed by atoms with Crippen LogP contribution in [0.1, 0.15) is 38.3 Å². The van der Waals surface area contributed by atoms with E-state index >= 15 is 0 Å². The van der Waals surface area contributed by atoms with Gasteiger partial charge in [-0.05, 0) is 67.8 Å². The third-order valence-corrected chi connectivity index (χ3v) is 6.43. The number of carbonyl (C=O) groups is 3. The summed E-state index contributed by atoms with van der Waals surface area (Å²) < 4.78 is 12.5. The number of benzene rings is 2. The van der Waals surface area contributed by atoms with Crippen molar-refractivity contribution < 1.29 is 23.9 Å². The van der Waals surface area contributed by atoms with Crippen molar-refractivity contribution >= 4 is 23.9 Å². The first-order valence-electron chi connectivity index (χ1n) is 13.0. The molecule has 2 aromatic carbocycles. The van der Waals surface area contributed by atoms with Gasteiger partial charge in [0.2, 0.25) is 0 Å². The number of amides is 2. The lowest BCUT2D eigenvalue weighted by Crippen LogP contribution is -2.44. The summed E-state index contributed by atoms with van der Waals surface area (Å²) in [6.07, 6.45) is 4.36. The standard InChI is InChI=1S/C31H30N4O5/c1-5-14-40-25-11-12-26(20(2)16-25)29-23(19-35(33-29)24-9-7-6-8-10-24)17-27-21(3)28(18-32)31(38)34(30(27)37)13-15-39-22(4)36/h6-12,16-17,19H,5,13-15H2,1-4H3/b27-17+. The van der Waals surface area contributed by atoms with Gasteiger partial charge in [0, 0.05) is 29.8 Å². The quantitative estimate of drug-likeness (QED) is 0.219. The largest absolute Gasteiger partial charge is 0.494 e. The van der Waals surface area contributed by atoms with Gasteiger partial charge >= 0.3 is 5.97 Å². The van der Waals surface area contributed by atoms with Crippen molar-refractivity contribution in [3.8, 4) is 28.8 Å². The molecule has 0 bridgehead atoms. The summed E-state index contributed by atoms with van der Waals surface area (Å²) in [5.74, 6) is -1.06. The van der Waals surface area contributed by atoms with Crippen LogP contribution in [0.15, 0.2) is 71.4 Å². The summed E-state index contributed by atoms with van der Waals surface area (Å²) in [5, 5.41) is 14.6. The Hall–Kier alpha value is -4.97. The summed E-state index contributed by atoms with van der Waals surface area (Å²) in [7, 11) is 0. The lowest BCUT2D eigenvalue weighted by atomic mass is 9.93. The van der Waals surface area contributed by atoms with Gasteiger partial charge in [-0.15, -0.1) is 0 Å². The van der Waals surface area contributed by atoms with E-state index in [-0.39, 0.29) is 29.9 Å². The Bertz CT molecular complexity index is 1560. The first-order valence-corrected chi connectivity index (χ1v) is 13.0. The van der Waals surface area contributed by atoms with Crippen molar-refractivity contribution in [3.05, 3.63) is 82.6 Å². The number of carbonyl (C=O) groups excluding carboxylic acids is 3. The smallest absolute Gasteiger partial charge is 0.302 e. The average Bonchev–Trinajstić information content (AvgIpc) is 3.36. The van der Waals surface area contributed by atoms with Crippen molar-refractivity contribution in [2.75, 3.05) is 19.8 Å². The Morgan fingerprint density at radius 1 is 1.07 bits per heavy atom. The number of nitrogens with zero attached hydrogens (tertiary/aromatic N) is 4. The summed E-state index contributed by atoms with van der Waals surface area (Å²) in [5.41, 5.74) is 4.18. The summed E-state index contributed by atoms with van der Waals surface area (Å²) in [4.78, 5) is 38.6. The molecular formula is C31H30N4O5. The molecule has 1 aliphatic rings. The number of nitriles is 1. The van der Waals surface area contributed by atoms with Crippen molar-refractivity contribution in [2.24, 2.45) is 0 Å². The van der Waals surface area contributed by atoms with E-state index in [9.17, 15) is 19.6 Å². The number of rotatable bonds is 9. The van der Waals surface area contributed by atoms with Crippen LogP contribution in [0, 0.1) is 18.3 Å². The van der Waals surface area contributed by atoms with Gasteiger partial charge < -0.3 is 9.47 Å². The molecule has 0 N–H and O–H groups in total. The lowest BCUT2D eigenvalue weighted by Gasteiger charge is -2.27. The molecule has 1 aliphatic heterocycles. The van der Waals surface area contributed by atoms with E-state index in [0.717, 1.165) is 33.9 Å². The molecule has 204 valence electrons. The summed E-state index contributed by atoms with van der Waals surface area (Å²) >= 11 is 0. The van der Waals surface area contributed by atoms with E-state index in [1.54, 1.807) is 17.7 Å². The van der Waals surface area contributed by atoms with Crippen molar-refractivity contribution in [1.29, 1.82) is 5.26 Å². The average molecular weight is 539 g/mol. The zero-order chi connectivity index (χ0) is 28.8. The SMILES string of the molecule is CCCOc1ccc(-c2nn(-c3ccccc3)cc2/C=C2/C(=O)N(CCOC(C)=O)C(=O)C(C#N)=C2C)c(C)c1. The Balaban J connectivity index is 1.84. The Kier molecular flexibility index (Phi) is 8.60. The number of esters is 1. The van der Waals surface area contributed by atoms with Gasteiger partial charge in [-0.2, -0.15) is 10.4 Å². The monoisotopic (exact) mass is 538 g/mol. The molecule has 4 rings (SSSR count). The minimum atomic E-state index is -0.715. The van der Waals surface area contributed by atoms with Crippen LogP contribution in [0.5, 0.6) is 5.75 Å². The highest BCUT2D eigenvalue weighted by Crippen LogP contribution is 2.33. The molecule has 9 heteroatoms. The predicted molar refractivity (Wildman–Crippen MR) is 149 cm³/mol. The van der Waals surface area contributed by atoms with Gasteiger partial charge in [-0.1, -0.05) is 25.1 Å². The van der Waals surface area contributed by atoms with E-state index in [4.69, 9.17) is 14.6 Å². The molecule has 40 heavy (non-hydrogen) atoms. The Morgan fingerprint density at radius 2 is 1.82 bits per heavy atom. The fraction of sp³-hybridized carbons (Fsp3) is 0.258. The highest BCUT2D eigenvalue weighted by molar-refractivity contribution is 6.19. The minimum Gasteiger partial charge on any atom is -0.494 e. The molecule has 0 unspecified atom stereocenters. The molecule has 0 spiro atoms. The second kappa shape index (κ2) is 12.3. The van der Waals surface area contributed by atoms with Gasteiger partial charge in [-0.25, -0.2) is 4.68 Å². The van der Waals surface area contributed by atoms with E-state index in [1.165, 1.54) is 6.92 Å². The van der Waals surface area contributed by atoms with Gasteiger partial charge in [0.1, 0.15) is 29.7 Å². The van der Waals surface area contributed by atoms with E-state index in [0.29, 0.717) is 17.9 Å². The topological polar surface area (TPSA) is 115 Å². The van der Waals surface area contributed by atoms with Crippen LogP contribution < -0.4 is 4.74 Å². The zero-order valence-corrected chi connectivity index (χ0v) is 22.9. The van der Waals surface area contributed by atoms with Crippen LogP contribution in [-0.2, 0) is 19.1 Å². The molecule has 2 heterocycles. The van der Waals surface area contributed by atoms with Crippen molar-refractivity contribution in [1.82, 2.24) is 14.7 Å². The van der Waals surface area contributed by atoms with Crippen LogP contribution in [0.2, 0.25) is 0 Å². The van der Waals surface area contributed by atoms with Crippen molar-refractivity contribution in [3.63, 3.8) is 0 Å². The number of aryl methyl sites for hydroxylation is 1. The second-order valence-corrected chi connectivity index (χ2v) is 9.31. The first-order chi connectivity index (χ1) is 19.2. The molecule has 1 aromatic heterocycles. The Labute approximate surface area is 232 Å². The number of imide groups is 1. The third-order valence-electron chi connectivity index (χ3n) is 6.43. The van der Waals surface area contributed by atoms with Gasteiger partial charge in [0.05, 0.1) is 18.8 Å². The summed E-state index contributed by atoms with van der Waals surface area (Å²) in [6, 6.07) is 17.3. The fourth-order valence-electron chi connectivity index (χ4n) is 4.40. The molecular weight excluding hydrogens is 508 g/mol. The molecule has 3 aromatic rings. The number of aromatic nitrogens is 2. The maximum atomic E-state index is 13.5. The molecule has 0 saturated heterocycles. The van der Waals surface area contributed by atoms with Crippen molar-refractivity contribution in [2.45, 2.75) is 34.1 Å². The second-order valence-electron chi connectivity index (χ2n) is 9.31. The maximum Gasteiger partial charge on any atom is 0.302 e. The predicted octanol–water partition coefficient (Wildman–Crippen LogP) is 4.79. The normalized spacial score (nSPS) is 14.5. The van der Waals surface area contributed by atoms with E-state index in [2.05, 4.69) is 0 Å². The molecule has 0 radical (unpaired) electrons. The van der Waals surface area contributed by atoms with Crippen LogP contribution >= 0.6 is 0 Å². The minimum absolute atomic E-state index is 0.140. The first kappa shape index (κ1) is 28.0. The van der Waals surface area contributed by atoms with Gasteiger partial charge in [-0.3, -0.25) is 19.3 Å². The zero-order valence-electron chi connectivity index (χ0n) is 22.9. The molecule has 9 nitrogen and oxygen atoms in total. The highest BCUT2D eigenvalue weighted by atomic mass is 16.5. The highest BCUT2D eigenvalue weighted by Gasteiger charge is 2.35. The van der Waals surface area contributed by atoms with E-state index in [1.807, 2.05) is 74.6 Å². The van der Waals surface area contributed by atoms with Crippen LogP contribution in [0.3, 0.4) is 0 Å². The maximum absolute atomic E-state index is 13.5. The van der Waals surface area contributed by atoms with E-state index < -0.39 is 17.8 Å².